The number of para-hydroxylation sites is 2. The predicted molar refractivity (Wildman–Crippen MR) is 80.2 cm³/mol. The minimum absolute atomic E-state index is 0.481. The van der Waals surface area contributed by atoms with Gasteiger partial charge in [-0.05, 0) is 29.8 Å². The number of hydrogen-bond acceptors (Lipinski definition) is 3. The van der Waals surface area contributed by atoms with Crippen LogP contribution in [0, 0.1) is 0 Å². The van der Waals surface area contributed by atoms with Gasteiger partial charge in [0, 0.05) is 19.2 Å². The number of imidazole rings is 1. The zero-order valence-electron chi connectivity index (χ0n) is 11.3. The van der Waals surface area contributed by atoms with E-state index in [0.29, 0.717) is 12.1 Å². The summed E-state index contributed by atoms with van der Waals surface area (Å²) < 4.78 is 2.02. The normalized spacial score (nSPS) is 12.7. The quantitative estimate of drug-likeness (QED) is 0.716. The monoisotopic (exact) mass is 267 g/mol. The zero-order valence-corrected chi connectivity index (χ0v) is 11.3. The lowest BCUT2D eigenvalue weighted by atomic mass is 10.1. The maximum absolute atomic E-state index is 10.3. The van der Waals surface area contributed by atoms with E-state index in [1.807, 2.05) is 48.0 Å². The minimum Gasteiger partial charge on any atom is -0.399 e. The number of benzene rings is 2. The van der Waals surface area contributed by atoms with Gasteiger partial charge in [0.1, 0.15) is 5.82 Å². The Morgan fingerprint density at radius 2 is 1.85 bits per heavy atom. The summed E-state index contributed by atoms with van der Waals surface area (Å²) in [4.78, 5) is 4.57. The van der Waals surface area contributed by atoms with Crippen molar-refractivity contribution in [1.29, 1.82) is 0 Å². The summed E-state index contributed by atoms with van der Waals surface area (Å²) in [7, 11) is 1.97. The minimum atomic E-state index is -0.578. The molecule has 102 valence electrons. The van der Waals surface area contributed by atoms with E-state index in [2.05, 4.69) is 4.98 Å². The molecule has 3 N–H and O–H groups in total. The molecule has 1 heterocycles. The van der Waals surface area contributed by atoms with Gasteiger partial charge in [-0.2, -0.15) is 0 Å². The Kier molecular flexibility index (Phi) is 3.16. The van der Waals surface area contributed by atoms with Gasteiger partial charge in [0.15, 0.2) is 0 Å². The smallest absolute Gasteiger partial charge is 0.112 e. The van der Waals surface area contributed by atoms with Gasteiger partial charge in [-0.25, -0.2) is 4.98 Å². The molecule has 0 saturated heterocycles. The van der Waals surface area contributed by atoms with E-state index < -0.39 is 6.10 Å². The third kappa shape index (κ3) is 2.26. The van der Waals surface area contributed by atoms with Crippen LogP contribution in [0.3, 0.4) is 0 Å². The van der Waals surface area contributed by atoms with Crippen molar-refractivity contribution in [2.75, 3.05) is 5.73 Å². The number of fused-ring (bicyclic) bond motifs is 1. The van der Waals surface area contributed by atoms with Crippen molar-refractivity contribution in [1.82, 2.24) is 9.55 Å². The molecule has 20 heavy (non-hydrogen) atoms. The standard InChI is InChI=1S/C16H17N3O/c1-19-14-5-3-2-4-13(14)18-16(19)10-15(20)11-6-8-12(17)9-7-11/h2-9,15,20H,10,17H2,1H3. The van der Waals surface area contributed by atoms with Crippen molar-refractivity contribution in [2.24, 2.45) is 7.05 Å². The molecule has 4 nitrogen and oxygen atoms in total. The molecule has 3 aromatic rings. The van der Waals surface area contributed by atoms with E-state index in [-0.39, 0.29) is 0 Å². The second-order valence-corrected chi connectivity index (χ2v) is 4.96. The summed E-state index contributed by atoms with van der Waals surface area (Å²) in [6, 6.07) is 15.3. The largest absolute Gasteiger partial charge is 0.399 e. The number of aliphatic hydroxyl groups is 1. The molecule has 3 rings (SSSR count). The number of aliphatic hydroxyl groups excluding tert-OH is 1. The van der Waals surface area contributed by atoms with Crippen LogP contribution >= 0.6 is 0 Å². The SMILES string of the molecule is Cn1c(CC(O)c2ccc(N)cc2)nc2ccccc21. The van der Waals surface area contributed by atoms with E-state index in [1.54, 1.807) is 12.1 Å². The van der Waals surface area contributed by atoms with Crippen LogP contribution < -0.4 is 5.73 Å². The van der Waals surface area contributed by atoms with Gasteiger partial charge in [0.2, 0.25) is 0 Å². The lowest BCUT2D eigenvalue weighted by molar-refractivity contribution is 0.175. The summed E-state index contributed by atoms with van der Waals surface area (Å²) in [6.45, 7) is 0. The number of aryl methyl sites for hydroxylation is 1. The number of aromatic nitrogens is 2. The summed E-state index contributed by atoms with van der Waals surface area (Å²) >= 11 is 0. The molecule has 0 radical (unpaired) electrons. The van der Waals surface area contributed by atoms with Crippen molar-refractivity contribution in [3.05, 3.63) is 59.9 Å². The summed E-state index contributed by atoms with van der Waals surface area (Å²) in [5.41, 5.74) is 9.24. The molecular formula is C16H17N3O. The van der Waals surface area contributed by atoms with Crippen molar-refractivity contribution >= 4 is 16.7 Å². The average molecular weight is 267 g/mol. The third-order valence-electron chi connectivity index (χ3n) is 3.58. The molecule has 1 aromatic heterocycles. The fourth-order valence-electron chi connectivity index (χ4n) is 2.39. The van der Waals surface area contributed by atoms with Crippen LogP contribution in [0.4, 0.5) is 5.69 Å². The lowest BCUT2D eigenvalue weighted by Gasteiger charge is -2.11. The molecule has 0 aliphatic rings. The van der Waals surface area contributed by atoms with Gasteiger partial charge in [-0.15, -0.1) is 0 Å². The second-order valence-electron chi connectivity index (χ2n) is 4.96. The molecule has 0 spiro atoms. The van der Waals surface area contributed by atoms with Gasteiger partial charge >= 0.3 is 0 Å². The van der Waals surface area contributed by atoms with Crippen LogP contribution in [0.5, 0.6) is 0 Å². The number of nitrogens with zero attached hydrogens (tertiary/aromatic N) is 2. The van der Waals surface area contributed by atoms with Crippen LogP contribution in [-0.2, 0) is 13.5 Å². The zero-order chi connectivity index (χ0) is 14.1. The molecule has 0 fully saturated rings. The van der Waals surface area contributed by atoms with Crippen LogP contribution in [0.1, 0.15) is 17.5 Å². The molecule has 0 amide bonds. The van der Waals surface area contributed by atoms with Gasteiger partial charge in [-0.3, -0.25) is 0 Å². The Hall–Kier alpha value is -2.33. The topological polar surface area (TPSA) is 64.1 Å². The van der Waals surface area contributed by atoms with Crippen LogP contribution in [0.15, 0.2) is 48.5 Å². The van der Waals surface area contributed by atoms with E-state index in [0.717, 1.165) is 22.4 Å². The van der Waals surface area contributed by atoms with Crippen molar-refractivity contribution < 1.29 is 5.11 Å². The first kappa shape index (κ1) is 12.7. The maximum Gasteiger partial charge on any atom is 0.112 e. The second kappa shape index (κ2) is 4.98. The van der Waals surface area contributed by atoms with Gasteiger partial charge in [0.05, 0.1) is 17.1 Å². The number of rotatable bonds is 3. The van der Waals surface area contributed by atoms with E-state index >= 15 is 0 Å². The summed E-state index contributed by atoms with van der Waals surface area (Å²) in [5, 5.41) is 10.3. The average Bonchev–Trinajstić information content (AvgIpc) is 2.77. The van der Waals surface area contributed by atoms with Gasteiger partial charge in [-0.1, -0.05) is 24.3 Å². The van der Waals surface area contributed by atoms with Crippen molar-refractivity contribution in [3.63, 3.8) is 0 Å². The molecule has 1 atom stereocenters. The molecule has 0 bridgehead atoms. The Balaban J connectivity index is 1.89. The Labute approximate surface area is 117 Å². The lowest BCUT2D eigenvalue weighted by Crippen LogP contribution is -2.07. The number of nitrogens with two attached hydrogens (primary N) is 1. The fraction of sp³-hybridized carbons (Fsp3) is 0.188. The predicted octanol–water partition coefficient (Wildman–Crippen LogP) is 2.43. The Bertz CT molecular complexity index is 731. The molecular weight excluding hydrogens is 250 g/mol. The maximum atomic E-state index is 10.3. The van der Waals surface area contributed by atoms with Crippen molar-refractivity contribution in [3.8, 4) is 0 Å². The molecule has 0 aliphatic heterocycles. The third-order valence-corrected chi connectivity index (χ3v) is 3.58. The molecule has 4 heteroatoms. The van der Waals surface area contributed by atoms with Crippen LogP contribution in [-0.4, -0.2) is 14.7 Å². The first-order valence-electron chi connectivity index (χ1n) is 6.59. The molecule has 1 unspecified atom stereocenters. The summed E-state index contributed by atoms with van der Waals surface area (Å²) in [6.07, 6.45) is -0.0964. The van der Waals surface area contributed by atoms with Gasteiger partial charge < -0.3 is 15.4 Å². The van der Waals surface area contributed by atoms with E-state index in [9.17, 15) is 5.11 Å². The first-order chi connectivity index (χ1) is 9.65. The Morgan fingerprint density at radius 3 is 2.55 bits per heavy atom. The first-order valence-corrected chi connectivity index (χ1v) is 6.59. The highest BCUT2D eigenvalue weighted by Gasteiger charge is 2.13. The van der Waals surface area contributed by atoms with Crippen molar-refractivity contribution in [2.45, 2.75) is 12.5 Å². The molecule has 2 aromatic carbocycles. The molecule has 0 saturated carbocycles. The summed E-state index contributed by atoms with van der Waals surface area (Å²) in [5.74, 6) is 0.871. The van der Waals surface area contributed by atoms with Gasteiger partial charge in [0.25, 0.3) is 0 Å². The highest BCUT2D eigenvalue weighted by atomic mass is 16.3. The Morgan fingerprint density at radius 1 is 1.15 bits per heavy atom. The highest BCUT2D eigenvalue weighted by molar-refractivity contribution is 5.75. The number of nitrogen functional groups attached to an aromatic ring is 1. The molecule has 0 aliphatic carbocycles. The van der Waals surface area contributed by atoms with Crippen LogP contribution in [0.25, 0.3) is 11.0 Å². The fourth-order valence-corrected chi connectivity index (χ4v) is 2.39. The number of anilines is 1. The van der Waals surface area contributed by atoms with Crippen LogP contribution in [0.2, 0.25) is 0 Å². The van der Waals surface area contributed by atoms with E-state index in [1.165, 1.54) is 0 Å². The van der Waals surface area contributed by atoms with E-state index in [4.69, 9.17) is 5.73 Å². The number of hydrogen-bond donors (Lipinski definition) is 2. The highest BCUT2D eigenvalue weighted by Crippen LogP contribution is 2.21.